The average Bonchev–Trinajstić information content (AvgIpc) is 2.95. The van der Waals surface area contributed by atoms with Crippen LogP contribution in [0.5, 0.6) is 0 Å². The third-order valence-corrected chi connectivity index (χ3v) is 4.77. The molecule has 0 aliphatic heterocycles. The van der Waals surface area contributed by atoms with Crippen molar-refractivity contribution in [2.24, 2.45) is 0 Å². The van der Waals surface area contributed by atoms with Crippen molar-refractivity contribution in [1.82, 2.24) is 0 Å². The molecule has 2 aromatic rings. The number of hydrogen-bond donors (Lipinski definition) is 1. The van der Waals surface area contributed by atoms with Gasteiger partial charge in [-0.05, 0) is 61.6 Å². The van der Waals surface area contributed by atoms with E-state index in [4.69, 9.17) is 0 Å². The summed E-state index contributed by atoms with van der Waals surface area (Å²) in [4.78, 5) is 13.2. The summed E-state index contributed by atoms with van der Waals surface area (Å²) in [5.41, 5.74) is 4.99. The standard InChI is InChI=1S/C18H19NOS/c1-13-5-8-16(9-6-13)19-18(20)12-21-17-10-7-14-3-2-4-15(14)11-17/h5-11H,2-4,12H2,1H3,(H,19,20). The van der Waals surface area contributed by atoms with Crippen LogP contribution in [-0.2, 0) is 17.6 Å². The highest BCUT2D eigenvalue weighted by atomic mass is 32.2. The van der Waals surface area contributed by atoms with Gasteiger partial charge in [0.25, 0.3) is 0 Å². The molecule has 108 valence electrons. The van der Waals surface area contributed by atoms with Crippen molar-refractivity contribution in [1.29, 1.82) is 0 Å². The van der Waals surface area contributed by atoms with Crippen molar-refractivity contribution in [2.45, 2.75) is 31.1 Å². The minimum Gasteiger partial charge on any atom is -0.325 e. The van der Waals surface area contributed by atoms with E-state index >= 15 is 0 Å². The third-order valence-electron chi connectivity index (χ3n) is 3.78. The van der Waals surface area contributed by atoms with Gasteiger partial charge in [0, 0.05) is 10.6 Å². The lowest BCUT2D eigenvalue weighted by atomic mass is 10.1. The SMILES string of the molecule is Cc1ccc(NC(=O)CSc2ccc3c(c2)CCC3)cc1. The fourth-order valence-electron chi connectivity index (χ4n) is 2.62. The Balaban J connectivity index is 1.55. The molecule has 2 nitrogen and oxygen atoms in total. The number of aryl methyl sites for hydroxylation is 3. The van der Waals surface area contributed by atoms with E-state index in [-0.39, 0.29) is 5.91 Å². The Morgan fingerprint density at radius 1 is 1.10 bits per heavy atom. The van der Waals surface area contributed by atoms with Crippen molar-refractivity contribution in [3.05, 3.63) is 59.2 Å². The summed E-state index contributed by atoms with van der Waals surface area (Å²) < 4.78 is 0. The number of benzene rings is 2. The van der Waals surface area contributed by atoms with E-state index in [1.165, 1.54) is 40.8 Å². The molecule has 0 fully saturated rings. The molecule has 0 bridgehead atoms. The Hall–Kier alpha value is -1.74. The van der Waals surface area contributed by atoms with E-state index in [9.17, 15) is 4.79 Å². The Morgan fingerprint density at radius 3 is 2.67 bits per heavy atom. The van der Waals surface area contributed by atoms with Gasteiger partial charge in [-0.1, -0.05) is 23.8 Å². The molecule has 2 aromatic carbocycles. The van der Waals surface area contributed by atoms with Crippen molar-refractivity contribution >= 4 is 23.4 Å². The van der Waals surface area contributed by atoms with Crippen LogP contribution in [0.3, 0.4) is 0 Å². The predicted octanol–water partition coefficient (Wildman–Crippen LogP) is 4.21. The Morgan fingerprint density at radius 2 is 1.86 bits per heavy atom. The maximum atomic E-state index is 12.0. The van der Waals surface area contributed by atoms with Crippen LogP contribution in [0.1, 0.15) is 23.1 Å². The van der Waals surface area contributed by atoms with E-state index in [2.05, 4.69) is 23.5 Å². The summed E-state index contributed by atoms with van der Waals surface area (Å²) in [6, 6.07) is 14.5. The summed E-state index contributed by atoms with van der Waals surface area (Å²) in [5.74, 6) is 0.497. The molecule has 0 heterocycles. The number of thioether (sulfide) groups is 1. The second kappa shape index (κ2) is 6.35. The predicted molar refractivity (Wildman–Crippen MR) is 89.0 cm³/mol. The molecular weight excluding hydrogens is 278 g/mol. The molecule has 1 N–H and O–H groups in total. The van der Waals surface area contributed by atoms with Gasteiger partial charge < -0.3 is 5.32 Å². The Bertz CT molecular complexity index is 649. The molecule has 21 heavy (non-hydrogen) atoms. The van der Waals surface area contributed by atoms with E-state index < -0.39 is 0 Å². The van der Waals surface area contributed by atoms with Crippen molar-refractivity contribution < 1.29 is 4.79 Å². The molecule has 0 aromatic heterocycles. The molecule has 1 aliphatic carbocycles. The first-order valence-electron chi connectivity index (χ1n) is 7.32. The molecule has 0 saturated carbocycles. The van der Waals surface area contributed by atoms with Gasteiger partial charge in [0.15, 0.2) is 0 Å². The van der Waals surface area contributed by atoms with Gasteiger partial charge in [-0.15, -0.1) is 11.8 Å². The Kier molecular flexibility index (Phi) is 4.30. The van der Waals surface area contributed by atoms with Gasteiger partial charge in [-0.2, -0.15) is 0 Å². The van der Waals surface area contributed by atoms with Crippen LogP contribution >= 0.6 is 11.8 Å². The summed E-state index contributed by atoms with van der Waals surface area (Å²) in [7, 11) is 0. The largest absolute Gasteiger partial charge is 0.325 e. The first-order chi connectivity index (χ1) is 10.2. The minimum absolute atomic E-state index is 0.0457. The molecule has 3 heteroatoms. The monoisotopic (exact) mass is 297 g/mol. The zero-order valence-electron chi connectivity index (χ0n) is 12.2. The van der Waals surface area contributed by atoms with Gasteiger partial charge in [0.2, 0.25) is 5.91 Å². The molecule has 0 atom stereocenters. The fourth-order valence-corrected chi connectivity index (χ4v) is 3.38. The quantitative estimate of drug-likeness (QED) is 0.856. The number of fused-ring (bicyclic) bond motifs is 1. The lowest BCUT2D eigenvalue weighted by Crippen LogP contribution is -2.13. The van der Waals surface area contributed by atoms with Crippen molar-refractivity contribution in [2.75, 3.05) is 11.1 Å². The molecule has 1 amide bonds. The van der Waals surface area contributed by atoms with Crippen LogP contribution in [0.2, 0.25) is 0 Å². The first-order valence-corrected chi connectivity index (χ1v) is 8.30. The highest BCUT2D eigenvalue weighted by molar-refractivity contribution is 8.00. The molecule has 0 unspecified atom stereocenters. The number of amides is 1. The zero-order valence-corrected chi connectivity index (χ0v) is 13.0. The molecule has 3 rings (SSSR count). The molecule has 0 spiro atoms. The lowest BCUT2D eigenvalue weighted by Gasteiger charge is -2.07. The molecule has 1 aliphatic rings. The van der Waals surface area contributed by atoms with Crippen molar-refractivity contribution in [3.63, 3.8) is 0 Å². The van der Waals surface area contributed by atoms with Crippen molar-refractivity contribution in [3.8, 4) is 0 Å². The summed E-state index contributed by atoms with van der Waals surface area (Å²) in [6.07, 6.45) is 3.64. The van der Waals surface area contributed by atoms with Crippen LogP contribution in [0, 0.1) is 6.92 Å². The summed E-state index contributed by atoms with van der Waals surface area (Å²) >= 11 is 1.60. The number of hydrogen-bond acceptors (Lipinski definition) is 2. The normalized spacial score (nSPS) is 13.0. The third kappa shape index (κ3) is 3.67. The summed E-state index contributed by atoms with van der Waals surface area (Å²) in [5, 5.41) is 2.93. The highest BCUT2D eigenvalue weighted by Crippen LogP contribution is 2.27. The van der Waals surface area contributed by atoms with E-state index in [1.807, 2.05) is 31.2 Å². The van der Waals surface area contributed by atoms with Crippen LogP contribution in [-0.4, -0.2) is 11.7 Å². The van der Waals surface area contributed by atoms with Crippen LogP contribution in [0.25, 0.3) is 0 Å². The maximum absolute atomic E-state index is 12.0. The first kappa shape index (κ1) is 14.2. The minimum atomic E-state index is 0.0457. The van der Waals surface area contributed by atoms with E-state index in [0.29, 0.717) is 5.75 Å². The van der Waals surface area contributed by atoms with E-state index in [1.54, 1.807) is 11.8 Å². The van der Waals surface area contributed by atoms with Gasteiger partial charge in [-0.25, -0.2) is 0 Å². The average molecular weight is 297 g/mol. The molecular formula is C18H19NOS. The van der Waals surface area contributed by atoms with E-state index in [0.717, 1.165) is 5.69 Å². The Labute approximate surface area is 130 Å². The van der Waals surface area contributed by atoms with Gasteiger partial charge >= 0.3 is 0 Å². The zero-order chi connectivity index (χ0) is 14.7. The number of carbonyl (C=O) groups is 1. The smallest absolute Gasteiger partial charge is 0.234 e. The number of anilines is 1. The molecule has 0 radical (unpaired) electrons. The lowest BCUT2D eigenvalue weighted by molar-refractivity contribution is -0.113. The van der Waals surface area contributed by atoms with Gasteiger partial charge in [0.1, 0.15) is 0 Å². The highest BCUT2D eigenvalue weighted by Gasteiger charge is 2.11. The fraction of sp³-hybridized carbons (Fsp3) is 0.278. The topological polar surface area (TPSA) is 29.1 Å². The van der Waals surface area contributed by atoms with Crippen LogP contribution < -0.4 is 5.32 Å². The molecule has 0 saturated heterocycles. The van der Waals surface area contributed by atoms with Gasteiger partial charge in [-0.3, -0.25) is 4.79 Å². The van der Waals surface area contributed by atoms with Crippen LogP contribution in [0.15, 0.2) is 47.4 Å². The van der Waals surface area contributed by atoms with Gasteiger partial charge in [0.05, 0.1) is 5.75 Å². The number of carbonyl (C=O) groups excluding carboxylic acids is 1. The second-order valence-electron chi connectivity index (χ2n) is 5.49. The number of nitrogens with one attached hydrogen (secondary N) is 1. The number of rotatable bonds is 4. The second-order valence-corrected chi connectivity index (χ2v) is 6.54. The summed E-state index contributed by atoms with van der Waals surface area (Å²) in [6.45, 7) is 2.04. The van der Waals surface area contributed by atoms with Crippen LogP contribution in [0.4, 0.5) is 5.69 Å². The maximum Gasteiger partial charge on any atom is 0.234 e.